The molecular formula is C10H12BrF2NO. The van der Waals surface area contributed by atoms with Gasteiger partial charge >= 0.3 is 0 Å². The summed E-state index contributed by atoms with van der Waals surface area (Å²) in [6, 6.07) is 3.42. The molecule has 2 nitrogen and oxygen atoms in total. The lowest BCUT2D eigenvalue weighted by Crippen LogP contribution is -2.36. The molecule has 0 spiro atoms. The summed E-state index contributed by atoms with van der Waals surface area (Å²) in [5.41, 5.74) is 6.53. The van der Waals surface area contributed by atoms with Crippen LogP contribution in [0.3, 0.4) is 0 Å². The van der Waals surface area contributed by atoms with E-state index in [-0.39, 0.29) is 0 Å². The standard InChI is InChI=1S/C10H12BrF2NO/c1-6-2-7(4-8(11)3-6)9(14)10(12,13)5-15/h2-4,9,15H,5,14H2,1H3. The molecule has 84 valence electrons. The molecule has 0 heterocycles. The fourth-order valence-corrected chi connectivity index (χ4v) is 1.91. The number of alkyl halides is 2. The van der Waals surface area contributed by atoms with E-state index < -0.39 is 18.6 Å². The molecule has 15 heavy (non-hydrogen) atoms. The first-order valence-electron chi connectivity index (χ1n) is 4.38. The van der Waals surface area contributed by atoms with Crippen LogP contribution in [0.15, 0.2) is 22.7 Å². The summed E-state index contributed by atoms with van der Waals surface area (Å²) in [5, 5.41) is 8.52. The van der Waals surface area contributed by atoms with Crippen molar-refractivity contribution >= 4 is 15.9 Å². The molecule has 0 aliphatic heterocycles. The molecule has 0 amide bonds. The fourth-order valence-electron chi connectivity index (χ4n) is 1.29. The lowest BCUT2D eigenvalue weighted by Gasteiger charge is -2.22. The van der Waals surface area contributed by atoms with E-state index in [4.69, 9.17) is 10.8 Å². The van der Waals surface area contributed by atoms with Gasteiger partial charge < -0.3 is 10.8 Å². The number of benzene rings is 1. The number of hydrogen-bond donors (Lipinski definition) is 2. The Hall–Kier alpha value is -0.520. The lowest BCUT2D eigenvalue weighted by molar-refractivity contribution is -0.0712. The third kappa shape index (κ3) is 2.96. The minimum atomic E-state index is -3.30. The highest BCUT2D eigenvalue weighted by Crippen LogP contribution is 2.30. The number of rotatable bonds is 3. The van der Waals surface area contributed by atoms with Crippen LogP contribution < -0.4 is 5.73 Å². The van der Waals surface area contributed by atoms with Crippen molar-refractivity contribution in [3.63, 3.8) is 0 Å². The molecule has 1 rings (SSSR count). The Morgan fingerprint density at radius 3 is 2.53 bits per heavy atom. The first-order valence-corrected chi connectivity index (χ1v) is 5.17. The van der Waals surface area contributed by atoms with Crippen LogP contribution in [-0.4, -0.2) is 17.6 Å². The van der Waals surface area contributed by atoms with Crippen LogP contribution >= 0.6 is 15.9 Å². The zero-order valence-corrected chi connectivity index (χ0v) is 9.76. The number of halogens is 3. The zero-order chi connectivity index (χ0) is 11.6. The van der Waals surface area contributed by atoms with Gasteiger partial charge in [-0.15, -0.1) is 0 Å². The molecule has 1 atom stereocenters. The van der Waals surface area contributed by atoms with Crippen molar-refractivity contribution in [2.45, 2.75) is 18.9 Å². The van der Waals surface area contributed by atoms with E-state index in [9.17, 15) is 8.78 Å². The zero-order valence-electron chi connectivity index (χ0n) is 8.17. The predicted molar refractivity (Wildman–Crippen MR) is 57.8 cm³/mol. The summed E-state index contributed by atoms with van der Waals surface area (Å²) in [7, 11) is 0. The van der Waals surface area contributed by atoms with E-state index >= 15 is 0 Å². The van der Waals surface area contributed by atoms with Crippen molar-refractivity contribution in [1.29, 1.82) is 0 Å². The van der Waals surface area contributed by atoms with E-state index in [0.29, 0.717) is 10.0 Å². The second-order valence-corrected chi connectivity index (χ2v) is 4.37. The van der Waals surface area contributed by atoms with Crippen LogP contribution in [0.4, 0.5) is 8.78 Å². The fraction of sp³-hybridized carbons (Fsp3) is 0.400. The molecule has 1 aromatic carbocycles. The molecular weight excluding hydrogens is 268 g/mol. The Labute approximate surface area is 95.2 Å². The van der Waals surface area contributed by atoms with Crippen molar-refractivity contribution in [1.82, 2.24) is 0 Å². The van der Waals surface area contributed by atoms with E-state index in [1.165, 1.54) is 6.07 Å². The van der Waals surface area contributed by atoms with Gasteiger partial charge in [-0.2, -0.15) is 0 Å². The average Bonchev–Trinajstić information content (AvgIpc) is 2.15. The molecule has 3 N–H and O–H groups in total. The summed E-state index contributed by atoms with van der Waals surface area (Å²) in [6.45, 7) is 0.539. The monoisotopic (exact) mass is 279 g/mol. The molecule has 0 saturated carbocycles. The molecule has 5 heteroatoms. The first-order chi connectivity index (χ1) is 6.86. The number of nitrogens with two attached hydrogens (primary N) is 1. The first kappa shape index (κ1) is 12.5. The Morgan fingerprint density at radius 2 is 2.07 bits per heavy atom. The highest BCUT2D eigenvalue weighted by molar-refractivity contribution is 9.10. The Morgan fingerprint density at radius 1 is 1.47 bits per heavy atom. The van der Waals surface area contributed by atoms with Crippen molar-refractivity contribution < 1.29 is 13.9 Å². The van der Waals surface area contributed by atoms with Crippen molar-refractivity contribution in [2.24, 2.45) is 5.73 Å². The maximum atomic E-state index is 13.1. The number of aliphatic hydroxyl groups is 1. The summed E-state index contributed by atoms with van der Waals surface area (Å²) >= 11 is 3.21. The average molecular weight is 280 g/mol. The smallest absolute Gasteiger partial charge is 0.289 e. The van der Waals surface area contributed by atoms with Gasteiger partial charge in [0.25, 0.3) is 5.92 Å². The Balaban J connectivity index is 3.06. The third-order valence-corrected chi connectivity index (χ3v) is 2.55. The van der Waals surface area contributed by atoms with Gasteiger partial charge in [-0.3, -0.25) is 0 Å². The lowest BCUT2D eigenvalue weighted by atomic mass is 10.0. The molecule has 0 bridgehead atoms. The van der Waals surface area contributed by atoms with Gasteiger partial charge in [-0.1, -0.05) is 22.0 Å². The molecule has 1 unspecified atom stereocenters. The Bertz CT molecular complexity index is 337. The molecule has 0 aliphatic rings. The summed E-state index contributed by atoms with van der Waals surface area (Å²) in [6.07, 6.45) is 0. The highest BCUT2D eigenvalue weighted by Gasteiger charge is 2.37. The van der Waals surface area contributed by atoms with Gasteiger partial charge in [0.15, 0.2) is 0 Å². The molecule has 0 fully saturated rings. The quantitative estimate of drug-likeness (QED) is 0.893. The SMILES string of the molecule is Cc1cc(Br)cc(C(N)C(F)(F)CO)c1. The van der Waals surface area contributed by atoms with E-state index in [1.807, 2.05) is 0 Å². The van der Waals surface area contributed by atoms with Gasteiger partial charge in [-0.05, 0) is 30.2 Å². The van der Waals surface area contributed by atoms with Gasteiger partial charge in [0.2, 0.25) is 0 Å². The molecule has 1 aromatic rings. The molecule has 0 saturated heterocycles. The topological polar surface area (TPSA) is 46.2 Å². The minimum Gasteiger partial charge on any atom is -0.390 e. The van der Waals surface area contributed by atoms with E-state index in [2.05, 4.69) is 15.9 Å². The van der Waals surface area contributed by atoms with Gasteiger partial charge in [-0.25, -0.2) is 8.78 Å². The van der Waals surface area contributed by atoms with E-state index in [0.717, 1.165) is 5.56 Å². The molecule has 0 radical (unpaired) electrons. The van der Waals surface area contributed by atoms with Crippen LogP contribution in [0, 0.1) is 6.92 Å². The number of hydrogen-bond acceptors (Lipinski definition) is 2. The Kier molecular flexibility index (Phi) is 3.81. The van der Waals surface area contributed by atoms with Crippen LogP contribution in [0.5, 0.6) is 0 Å². The third-order valence-electron chi connectivity index (χ3n) is 2.09. The second-order valence-electron chi connectivity index (χ2n) is 3.46. The number of aryl methyl sites for hydroxylation is 1. The van der Waals surface area contributed by atoms with Crippen LogP contribution in [0.25, 0.3) is 0 Å². The van der Waals surface area contributed by atoms with Gasteiger partial charge in [0.1, 0.15) is 6.61 Å². The molecule has 0 aromatic heterocycles. The van der Waals surface area contributed by atoms with E-state index in [1.54, 1.807) is 19.1 Å². The maximum Gasteiger partial charge on any atom is 0.289 e. The normalized spacial score (nSPS) is 14.0. The summed E-state index contributed by atoms with van der Waals surface area (Å²) < 4.78 is 26.9. The van der Waals surface area contributed by atoms with Gasteiger partial charge in [0, 0.05) is 4.47 Å². The second kappa shape index (κ2) is 4.55. The highest BCUT2D eigenvalue weighted by atomic mass is 79.9. The van der Waals surface area contributed by atoms with Gasteiger partial charge in [0.05, 0.1) is 6.04 Å². The minimum absolute atomic E-state index is 0.306. The van der Waals surface area contributed by atoms with Crippen molar-refractivity contribution in [3.8, 4) is 0 Å². The summed E-state index contributed by atoms with van der Waals surface area (Å²) in [5.74, 6) is -3.30. The van der Waals surface area contributed by atoms with Crippen molar-refractivity contribution in [2.75, 3.05) is 6.61 Å². The molecule has 0 aliphatic carbocycles. The largest absolute Gasteiger partial charge is 0.390 e. The maximum absolute atomic E-state index is 13.1. The van der Waals surface area contributed by atoms with Crippen molar-refractivity contribution in [3.05, 3.63) is 33.8 Å². The van der Waals surface area contributed by atoms with Crippen LogP contribution in [0.1, 0.15) is 17.2 Å². The summed E-state index contributed by atoms with van der Waals surface area (Å²) in [4.78, 5) is 0. The number of aliphatic hydroxyl groups excluding tert-OH is 1. The van der Waals surface area contributed by atoms with Crippen LogP contribution in [0.2, 0.25) is 0 Å². The van der Waals surface area contributed by atoms with Crippen LogP contribution in [-0.2, 0) is 0 Å². The predicted octanol–water partition coefficient (Wildman–Crippen LogP) is 2.38.